The van der Waals surface area contributed by atoms with Crippen LogP contribution in [0.25, 0.3) is 0 Å². The Morgan fingerprint density at radius 2 is 0.600 bits per heavy atom. The zero-order chi connectivity index (χ0) is 29.2. The monoisotopic (exact) mass is 573 g/mol. The van der Waals surface area contributed by atoms with E-state index in [9.17, 15) is 0 Å². The topological polar surface area (TPSA) is 0 Å². The van der Waals surface area contributed by atoms with Crippen LogP contribution >= 0.6 is 0 Å². The molecule has 0 rings (SSSR count). The first-order valence-electron chi connectivity index (χ1n) is 19.0. The van der Waals surface area contributed by atoms with E-state index >= 15 is 0 Å². The maximum absolute atomic E-state index is 2.52. The van der Waals surface area contributed by atoms with Crippen LogP contribution in [0.1, 0.15) is 207 Å². The minimum atomic E-state index is -0.511. The molecule has 40 heavy (non-hydrogen) atoms. The Bertz CT molecular complexity index is 463. The molecule has 0 aliphatic rings. The predicted molar refractivity (Wildman–Crippen MR) is 189 cm³/mol. The van der Waals surface area contributed by atoms with Gasteiger partial charge in [-0.05, 0) is 51.4 Å². The lowest BCUT2D eigenvalue weighted by molar-refractivity contribution is 0.601. The standard InChI is InChI=1S/2C18H35.C3H7.Al/c2*1-3-5-7-9-11-13-15-17-18-16-14-12-10-8-6-4-2;1-3-2;/h2*17-18H,1,3-16H2,2H3;3H,1-2H3;/b2*18-17-;;. The van der Waals surface area contributed by atoms with Crippen LogP contribution in [0.4, 0.5) is 0 Å². The maximum Gasteiger partial charge on any atom is 0.264 e. The number of hydrogen-bond acceptors (Lipinski definition) is 0. The molecule has 0 fully saturated rings. The zero-order valence-corrected chi connectivity index (χ0v) is 29.8. The van der Waals surface area contributed by atoms with E-state index in [-0.39, 0.29) is 0 Å². The number of hydrogen-bond donors (Lipinski definition) is 0. The van der Waals surface area contributed by atoms with E-state index < -0.39 is 14.1 Å². The number of rotatable bonds is 33. The van der Waals surface area contributed by atoms with Gasteiger partial charge in [0.25, 0.3) is 14.1 Å². The van der Waals surface area contributed by atoms with Crippen molar-refractivity contribution in [1.82, 2.24) is 0 Å². The first-order valence-corrected chi connectivity index (χ1v) is 21.3. The van der Waals surface area contributed by atoms with Crippen LogP contribution in [0.3, 0.4) is 0 Å². The smallest absolute Gasteiger partial charge is 0.0937 e. The third kappa shape index (κ3) is 32.5. The van der Waals surface area contributed by atoms with Gasteiger partial charge in [0.15, 0.2) is 0 Å². The molecule has 0 aromatic carbocycles. The second-order valence-corrected chi connectivity index (χ2v) is 17.5. The molecule has 0 aliphatic heterocycles. The van der Waals surface area contributed by atoms with Crippen LogP contribution in [0.15, 0.2) is 24.3 Å². The summed E-state index contributed by atoms with van der Waals surface area (Å²) >= 11 is -0.511. The van der Waals surface area contributed by atoms with Gasteiger partial charge < -0.3 is 0 Å². The Morgan fingerprint density at radius 3 is 0.875 bits per heavy atom. The summed E-state index contributed by atoms with van der Waals surface area (Å²) in [6.07, 6.45) is 49.7. The van der Waals surface area contributed by atoms with Crippen LogP contribution in [0, 0.1) is 0 Å². The van der Waals surface area contributed by atoms with E-state index in [0.717, 1.165) is 4.78 Å². The highest BCUT2D eigenvalue weighted by Gasteiger charge is 2.19. The fourth-order valence-electron chi connectivity index (χ4n) is 6.12. The molecule has 0 amide bonds. The largest absolute Gasteiger partial charge is 0.264 e. The molecule has 0 spiro atoms. The lowest BCUT2D eigenvalue weighted by Crippen LogP contribution is -2.16. The van der Waals surface area contributed by atoms with E-state index in [2.05, 4.69) is 52.0 Å². The van der Waals surface area contributed by atoms with Crippen molar-refractivity contribution < 1.29 is 0 Å². The minimum absolute atomic E-state index is 0.511. The number of allylic oxidation sites excluding steroid dienone is 4. The summed E-state index contributed by atoms with van der Waals surface area (Å²) in [5.74, 6) is 0. The Hall–Kier alpha value is 0.0125. The highest BCUT2D eigenvalue weighted by molar-refractivity contribution is 6.60. The molecule has 1 heteroatoms. The van der Waals surface area contributed by atoms with Crippen molar-refractivity contribution in [2.75, 3.05) is 0 Å². The van der Waals surface area contributed by atoms with Gasteiger partial charge in [0.2, 0.25) is 0 Å². The van der Waals surface area contributed by atoms with Crippen molar-refractivity contribution in [3.8, 4) is 0 Å². The minimum Gasteiger partial charge on any atom is -0.0937 e. The molecular weight excluding hydrogens is 495 g/mol. The van der Waals surface area contributed by atoms with Crippen LogP contribution in [-0.2, 0) is 0 Å². The molecule has 0 saturated carbocycles. The summed E-state index contributed by atoms with van der Waals surface area (Å²) < 4.78 is 1.01. The van der Waals surface area contributed by atoms with Crippen molar-refractivity contribution in [3.05, 3.63) is 24.3 Å². The lowest BCUT2D eigenvalue weighted by atomic mass is 10.1. The van der Waals surface area contributed by atoms with Gasteiger partial charge in [0.05, 0.1) is 0 Å². The molecular formula is C39H77Al. The van der Waals surface area contributed by atoms with Crippen LogP contribution in [-0.4, -0.2) is 14.1 Å². The van der Waals surface area contributed by atoms with E-state index in [4.69, 9.17) is 0 Å². The first-order chi connectivity index (χ1) is 19.7. The molecule has 0 aliphatic carbocycles. The first kappa shape index (κ1) is 40.0. The second-order valence-electron chi connectivity index (χ2n) is 13.5. The summed E-state index contributed by atoms with van der Waals surface area (Å²) in [6, 6.07) is 0. The molecule has 236 valence electrons. The van der Waals surface area contributed by atoms with Crippen LogP contribution in [0.2, 0.25) is 15.3 Å². The summed E-state index contributed by atoms with van der Waals surface area (Å²) in [6.45, 7) is 9.65. The Balaban J connectivity index is 3.46. The van der Waals surface area contributed by atoms with Crippen molar-refractivity contribution in [3.63, 3.8) is 0 Å². The van der Waals surface area contributed by atoms with Crippen molar-refractivity contribution in [2.45, 2.75) is 223 Å². The van der Waals surface area contributed by atoms with Crippen LogP contribution in [0.5, 0.6) is 0 Å². The highest BCUT2D eigenvalue weighted by atomic mass is 27.2. The molecule has 0 saturated heterocycles. The normalized spacial score (nSPS) is 12.0. The summed E-state index contributed by atoms with van der Waals surface area (Å²) in [7, 11) is 0. The van der Waals surface area contributed by atoms with E-state index in [1.165, 1.54) is 180 Å². The molecule has 0 N–H and O–H groups in total. The summed E-state index contributed by atoms with van der Waals surface area (Å²) in [5, 5.41) is 3.23. The Labute approximate surface area is 260 Å². The lowest BCUT2D eigenvalue weighted by Gasteiger charge is -2.15. The van der Waals surface area contributed by atoms with Gasteiger partial charge in [-0.2, -0.15) is 0 Å². The fourth-order valence-corrected chi connectivity index (χ4v) is 9.37. The maximum atomic E-state index is 2.52. The average molecular weight is 573 g/mol. The van der Waals surface area contributed by atoms with E-state index in [1.54, 1.807) is 10.6 Å². The van der Waals surface area contributed by atoms with Crippen molar-refractivity contribution in [1.29, 1.82) is 0 Å². The third-order valence-corrected chi connectivity index (χ3v) is 13.3. The Morgan fingerprint density at radius 1 is 0.350 bits per heavy atom. The summed E-state index contributed by atoms with van der Waals surface area (Å²) in [5.41, 5.74) is 0. The van der Waals surface area contributed by atoms with Gasteiger partial charge in [0, 0.05) is 0 Å². The average Bonchev–Trinajstić information content (AvgIpc) is 2.95. The predicted octanol–water partition coefficient (Wildman–Crippen LogP) is 15.0. The zero-order valence-electron chi connectivity index (χ0n) is 28.7. The molecule has 0 aromatic heterocycles. The van der Waals surface area contributed by atoms with Crippen molar-refractivity contribution in [2.24, 2.45) is 0 Å². The fraction of sp³-hybridized carbons (Fsp3) is 0.897. The summed E-state index contributed by atoms with van der Waals surface area (Å²) in [4.78, 5) is 0. The van der Waals surface area contributed by atoms with Gasteiger partial charge >= 0.3 is 0 Å². The molecule has 0 bridgehead atoms. The quantitative estimate of drug-likeness (QED) is 0.0417. The highest BCUT2D eigenvalue weighted by Crippen LogP contribution is 2.23. The molecule has 0 radical (unpaired) electrons. The van der Waals surface area contributed by atoms with Gasteiger partial charge in [-0.25, -0.2) is 0 Å². The van der Waals surface area contributed by atoms with E-state index in [0.29, 0.717) is 0 Å². The molecule has 0 aromatic rings. The van der Waals surface area contributed by atoms with Gasteiger partial charge in [0.1, 0.15) is 0 Å². The van der Waals surface area contributed by atoms with Crippen molar-refractivity contribution >= 4 is 14.1 Å². The molecule has 0 nitrogen and oxygen atoms in total. The Kier molecular flexibility index (Phi) is 35.2. The van der Waals surface area contributed by atoms with E-state index in [1.807, 2.05) is 0 Å². The SMILES string of the molecule is CCCCCCCC/C=C\CCCCCCC[CH2][Al]([CH2]CCCCCCC/C=C\CCCCCCCC)[CH](C)C. The number of unbranched alkanes of at least 4 members (excludes halogenated alkanes) is 24. The van der Waals surface area contributed by atoms with Gasteiger partial charge in [-0.1, -0.05) is 196 Å². The van der Waals surface area contributed by atoms with Gasteiger partial charge in [-0.3, -0.25) is 0 Å². The molecule has 0 unspecified atom stereocenters. The second kappa shape index (κ2) is 35.2. The molecule has 0 heterocycles. The van der Waals surface area contributed by atoms with Gasteiger partial charge in [-0.15, -0.1) is 0 Å². The molecule has 0 atom stereocenters. The van der Waals surface area contributed by atoms with Crippen LogP contribution < -0.4 is 0 Å². The third-order valence-electron chi connectivity index (χ3n) is 9.12.